The smallest absolute Gasteiger partial charge is 0.131 e. The Morgan fingerprint density at radius 1 is 1.38 bits per heavy atom. The van der Waals surface area contributed by atoms with Crippen LogP contribution in [-0.2, 0) is 11.3 Å². The van der Waals surface area contributed by atoms with Gasteiger partial charge in [-0.2, -0.15) is 0 Å². The highest BCUT2D eigenvalue weighted by Gasteiger charge is 2.02. The molecule has 3 heteroatoms. The summed E-state index contributed by atoms with van der Waals surface area (Å²) < 4.78 is 1.32. The molecular formula is C13H15NOS. The van der Waals surface area contributed by atoms with Crippen LogP contribution >= 0.6 is 11.3 Å². The van der Waals surface area contributed by atoms with Crippen molar-refractivity contribution < 1.29 is 4.79 Å². The Labute approximate surface area is 99.3 Å². The van der Waals surface area contributed by atoms with Crippen molar-refractivity contribution >= 4 is 27.2 Å². The standard InChI is InChI=1S/C13H15NOS/c1-10(15)6-7-14-8-11-9-16-13-5-3-2-4-12(11)13/h2-5,9,14H,6-8H2,1H3. The van der Waals surface area contributed by atoms with Crippen LogP contribution in [0.1, 0.15) is 18.9 Å². The molecule has 0 unspecified atom stereocenters. The highest BCUT2D eigenvalue weighted by molar-refractivity contribution is 7.17. The minimum absolute atomic E-state index is 0.239. The van der Waals surface area contributed by atoms with Gasteiger partial charge in [0.05, 0.1) is 0 Å². The monoisotopic (exact) mass is 233 g/mol. The topological polar surface area (TPSA) is 29.1 Å². The maximum Gasteiger partial charge on any atom is 0.131 e. The van der Waals surface area contributed by atoms with E-state index in [2.05, 4.69) is 35.0 Å². The van der Waals surface area contributed by atoms with E-state index in [1.165, 1.54) is 15.6 Å². The summed E-state index contributed by atoms with van der Waals surface area (Å²) in [6.07, 6.45) is 0.613. The molecule has 1 aromatic carbocycles. The van der Waals surface area contributed by atoms with Crippen LogP contribution in [0.15, 0.2) is 29.6 Å². The average Bonchev–Trinajstić information content (AvgIpc) is 2.68. The molecule has 0 aliphatic rings. The second-order valence-electron chi connectivity index (χ2n) is 3.89. The summed E-state index contributed by atoms with van der Waals surface area (Å²) in [5.74, 6) is 0.239. The maximum atomic E-state index is 10.8. The summed E-state index contributed by atoms with van der Waals surface area (Å²) in [6.45, 7) is 3.23. The van der Waals surface area contributed by atoms with E-state index in [0.29, 0.717) is 6.42 Å². The third kappa shape index (κ3) is 2.68. The number of fused-ring (bicyclic) bond motifs is 1. The van der Waals surface area contributed by atoms with Crippen LogP contribution in [0.4, 0.5) is 0 Å². The highest BCUT2D eigenvalue weighted by Crippen LogP contribution is 2.25. The Balaban J connectivity index is 1.97. The normalized spacial score (nSPS) is 10.8. The van der Waals surface area contributed by atoms with Gasteiger partial charge in [0.2, 0.25) is 0 Å². The molecule has 0 amide bonds. The van der Waals surface area contributed by atoms with Crippen molar-refractivity contribution in [1.29, 1.82) is 0 Å². The molecule has 0 aliphatic carbocycles. The van der Waals surface area contributed by atoms with Crippen LogP contribution in [0.5, 0.6) is 0 Å². The van der Waals surface area contributed by atoms with Crippen LogP contribution in [-0.4, -0.2) is 12.3 Å². The fraction of sp³-hybridized carbons (Fsp3) is 0.308. The van der Waals surface area contributed by atoms with Gasteiger partial charge in [-0.3, -0.25) is 4.79 Å². The molecule has 1 heterocycles. The molecule has 2 aromatic rings. The molecule has 1 N–H and O–H groups in total. The van der Waals surface area contributed by atoms with E-state index in [9.17, 15) is 4.79 Å². The first kappa shape index (κ1) is 11.3. The van der Waals surface area contributed by atoms with Crippen LogP contribution in [0, 0.1) is 0 Å². The van der Waals surface area contributed by atoms with Crippen molar-refractivity contribution in [3.8, 4) is 0 Å². The van der Waals surface area contributed by atoms with E-state index < -0.39 is 0 Å². The molecule has 0 bridgehead atoms. The fourth-order valence-corrected chi connectivity index (χ4v) is 2.62. The van der Waals surface area contributed by atoms with Gasteiger partial charge >= 0.3 is 0 Å². The number of benzene rings is 1. The van der Waals surface area contributed by atoms with E-state index in [1.54, 1.807) is 18.3 Å². The van der Waals surface area contributed by atoms with Gasteiger partial charge in [-0.1, -0.05) is 18.2 Å². The van der Waals surface area contributed by atoms with Gasteiger partial charge < -0.3 is 5.32 Å². The molecule has 0 saturated carbocycles. The lowest BCUT2D eigenvalue weighted by atomic mass is 10.2. The SMILES string of the molecule is CC(=O)CCNCc1csc2ccccc12. The lowest BCUT2D eigenvalue weighted by Crippen LogP contribution is -2.16. The lowest BCUT2D eigenvalue weighted by Gasteiger charge is -2.02. The number of ketones is 1. The molecule has 1 aromatic heterocycles. The van der Waals surface area contributed by atoms with Crippen molar-refractivity contribution in [2.45, 2.75) is 19.9 Å². The fourth-order valence-electron chi connectivity index (χ4n) is 1.66. The summed E-state index contributed by atoms with van der Waals surface area (Å²) in [4.78, 5) is 10.8. The zero-order chi connectivity index (χ0) is 11.4. The third-order valence-corrected chi connectivity index (χ3v) is 3.54. The summed E-state index contributed by atoms with van der Waals surface area (Å²) in [5.41, 5.74) is 1.32. The molecule has 84 valence electrons. The molecule has 16 heavy (non-hydrogen) atoms. The Morgan fingerprint density at radius 3 is 3.00 bits per heavy atom. The minimum atomic E-state index is 0.239. The van der Waals surface area contributed by atoms with Crippen molar-refractivity contribution in [3.05, 3.63) is 35.2 Å². The highest BCUT2D eigenvalue weighted by atomic mass is 32.1. The molecular weight excluding hydrogens is 218 g/mol. The lowest BCUT2D eigenvalue weighted by molar-refractivity contribution is -0.116. The van der Waals surface area contributed by atoms with Crippen LogP contribution in [0.2, 0.25) is 0 Å². The first-order valence-corrected chi connectivity index (χ1v) is 6.30. The summed E-state index contributed by atoms with van der Waals surface area (Å²) in [6, 6.07) is 8.41. The van der Waals surface area contributed by atoms with Gasteiger partial charge in [0.15, 0.2) is 0 Å². The average molecular weight is 233 g/mol. The van der Waals surface area contributed by atoms with E-state index in [4.69, 9.17) is 0 Å². The second kappa shape index (κ2) is 5.23. The Morgan fingerprint density at radius 2 is 2.19 bits per heavy atom. The molecule has 0 fully saturated rings. The van der Waals surface area contributed by atoms with E-state index in [0.717, 1.165) is 13.1 Å². The number of carbonyl (C=O) groups is 1. The van der Waals surface area contributed by atoms with Gasteiger partial charge in [0, 0.05) is 24.2 Å². The Bertz CT molecular complexity index is 489. The largest absolute Gasteiger partial charge is 0.312 e. The van der Waals surface area contributed by atoms with Gasteiger partial charge in [-0.25, -0.2) is 0 Å². The molecule has 0 aliphatic heterocycles. The number of thiophene rings is 1. The van der Waals surface area contributed by atoms with E-state index in [1.807, 2.05) is 0 Å². The predicted molar refractivity (Wildman–Crippen MR) is 68.8 cm³/mol. The van der Waals surface area contributed by atoms with Gasteiger partial charge in [-0.15, -0.1) is 11.3 Å². The number of nitrogens with one attached hydrogen (secondary N) is 1. The van der Waals surface area contributed by atoms with Crippen molar-refractivity contribution in [2.24, 2.45) is 0 Å². The second-order valence-corrected chi connectivity index (χ2v) is 4.80. The van der Waals surface area contributed by atoms with Crippen molar-refractivity contribution in [2.75, 3.05) is 6.54 Å². The minimum Gasteiger partial charge on any atom is -0.312 e. The number of carbonyl (C=O) groups excluding carboxylic acids is 1. The summed E-state index contributed by atoms with van der Waals surface area (Å²) in [7, 11) is 0. The zero-order valence-electron chi connectivity index (χ0n) is 9.32. The molecule has 0 spiro atoms. The summed E-state index contributed by atoms with van der Waals surface area (Å²) >= 11 is 1.77. The predicted octanol–water partition coefficient (Wildman–Crippen LogP) is 2.97. The number of rotatable bonds is 5. The number of hydrogen-bond donors (Lipinski definition) is 1. The van der Waals surface area contributed by atoms with E-state index >= 15 is 0 Å². The summed E-state index contributed by atoms with van der Waals surface area (Å²) in [5, 5.41) is 6.81. The molecule has 2 nitrogen and oxygen atoms in total. The zero-order valence-corrected chi connectivity index (χ0v) is 10.1. The van der Waals surface area contributed by atoms with Crippen LogP contribution in [0.3, 0.4) is 0 Å². The van der Waals surface area contributed by atoms with Crippen molar-refractivity contribution in [1.82, 2.24) is 5.32 Å². The first-order chi connectivity index (χ1) is 7.77. The van der Waals surface area contributed by atoms with Gasteiger partial charge in [0.25, 0.3) is 0 Å². The number of Topliss-reactive ketones (excluding diaryl/α,β-unsaturated/α-hetero) is 1. The quantitative estimate of drug-likeness (QED) is 0.804. The number of hydrogen-bond acceptors (Lipinski definition) is 3. The Hall–Kier alpha value is -1.19. The van der Waals surface area contributed by atoms with Crippen molar-refractivity contribution in [3.63, 3.8) is 0 Å². The van der Waals surface area contributed by atoms with Crippen LogP contribution < -0.4 is 5.32 Å². The van der Waals surface area contributed by atoms with Gasteiger partial charge in [-0.05, 0) is 29.3 Å². The maximum absolute atomic E-state index is 10.8. The molecule has 2 rings (SSSR count). The van der Waals surface area contributed by atoms with Gasteiger partial charge in [0.1, 0.15) is 5.78 Å². The Kier molecular flexibility index (Phi) is 3.70. The molecule has 0 radical (unpaired) electrons. The molecule has 0 atom stereocenters. The van der Waals surface area contributed by atoms with Crippen LogP contribution in [0.25, 0.3) is 10.1 Å². The third-order valence-electron chi connectivity index (χ3n) is 2.53. The first-order valence-electron chi connectivity index (χ1n) is 5.42. The van der Waals surface area contributed by atoms with E-state index in [-0.39, 0.29) is 5.78 Å². The molecule has 0 saturated heterocycles.